The van der Waals surface area contributed by atoms with Gasteiger partial charge in [0, 0.05) is 65.0 Å². The molecule has 0 saturated carbocycles. The summed E-state index contributed by atoms with van der Waals surface area (Å²) >= 11 is 0. The lowest BCUT2D eigenvalue weighted by Gasteiger charge is -2.15. The number of phenolic OH excluding ortho intramolecular Hbond substituents is 2. The molecule has 3 amide bonds. The Balaban J connectivity index is 1.14. The summed E-state index contributed by atoms with van der Waals surface area (Å²) < 4.78 is 0. The van der Waals surface area contributed by atoms with Gasteiger partial charge in [-0.1, -0.05) is 36.4 Å². The molecule has 5 aromatic carbocycles. The number of Topliss-reactive ketones (excluding diaryl/α,β-unsaturated/α-hetero) is 2. The highest BCUT2D eigenvalue weighted by Crippen LogP contribution is 2.33. The number of aryl methyl sites for hydroxylation is 1. The predicted octanol–water partition coefficient (Wildman–Crippen LogP) is 7.11. The van der Waals surface area contributed by atoms with Crippen LogP contribution in [0.2, 0.25) is 0 Å². The van der Waals surface area contributed by atoms with Crippen LogP contribution < -0.4 is 16.0 Å². The molecule has 0 spiro atoms. The fraction of sp³-hybridized carbons (Fsp3) is 0.178. The first-order valence-corrected chi connectivity index (χ1v) is 18.4. The fourth-order valence-electron chi connectivity index (χ4n) is 6.14. The fourth-order valence-corrected chi connectivity index (χ4v) is 6.14. The number of nitrogens with zero attached hydrogens (tertiary/aromatic N) is 1. The van der Waals surface area contributed by atoms with Crippen LogP contribution in [-0.2, 0) is 22.4 Å². The third kappa shape index (κ3) is 10.7. The number of hydrogen-bond acceptors (Lipinski definition) is 10. The summed E-state index contributed by atoms with van der Waals surface area (Å²) in [6.45, 7) is 2.92. The molecule has 0 aliphatic rings. The van der Waals surface area contributed by atoms with Crippen molar-refractivity contribution >= 4 is 52.3 Å². The van der Waals surface area contributed by atoms with E-state index in [4.69, 9.17) is 0 Å². The Hall–Kier alpha value is -7.79. The Morgan fingerprint density at radius 1 is 0.644 bits per heavy atom. The summed E-state index contributed by atoms with van der Waals surface area (Å²) in [6, 6.07) is 26.2. The Morgan fingerprint density at radius 2 is 1.19 bits per heavy atom. The quantitative estimate of drug-likeness (QED) is 0.0496. The molecule has 1 atom stereocenters. The van der Waals surface area contributed by atoms with E-state index in [0.717, 1.165) is 17.2 Å². The molecule has 0 fully saturated rings. The summed E-state index contributed by atoms with van der Waals surface area (Å²) in [5.41, 5.74) is 2.66. The maximum absolute atomic E-state index is 13.2. The third-order valence-electron chi connectivity index (χ3n) is 9.69. The van der Waals surface area contributed by atoms with Crippen molar-refractivity contribution < 1.29 is 49.2 Å². The Labute approximate surface area is 338 Å². The molecule has 0 aliphatic heterocycles. The number of anilines is 3. The molecule has 0 heterocycles. The summed E-state index contributed by atoms with van der Waals surface area (Å²) in [5.74, 6) is -5.28. The average Bonchev–Trinajstić information content (AvgIpc) is 3.21. The summed E-state index contributed by atoms with van der Waals surface area (Å²) in [5, 5.41) is 56.9. The minimum Gasteiger partial charge on any atom is -0.508 e. The second-order valence-electron chi connectivity index (χ2n) is 13.8. The topological polar surface area (TPSA) is 243 Å². The van der Waals surface area contributed by atoms with E-state index in [1.807, 2.05) is 6.07 Å². The van der Waals surface area contributed by atoms with Crippen molar-refractivity contribution in [1.29, 1.82) is 5.26 Å². The van der Waals surface area contributed by atoms with Crippen molar-refractivity contribution in [2.75, 3.05) is 16.0 Å². The number of rotatable bonds is 16. The first-order chi connectivity index (χ1) is 28.1. The van der Waals surface area contributed by atoms with Gasteiger partial charge in [-0.2, -0.15) is 5.26 Å². The van der Waals surface area contributed by atoms with E-state index in [-0.39, 0.29) is 75.8 Å². The number of carbonyl (C=O) groups excluding carboxylic acids is 5. The van der Waals surface area contributed by atoms with Crippen LogP contribution in [0.15, 0.2) is 97.1 Å². The molecule has 0 aliphatic carbocycles. The average molecular weight is 797 g/mol. The molecular weight excluding hydrogens is 757 g/mol. The van der Waals surface area contributed by atoms with Crippen LogP contribution in [-0.4, -0.2) is 55.7 Å². The van der Waals surface area contributed by atoms with E-state index in [1.165, 1.54) is 56.3 Å². The molecule has 0 bridgehead atoms. The molecular formula is C45H40N4O10. The number of amides is 3. The molecule has 1 unspecified atom stereocenters. The minimum absolute atomic E-state index is 0.0194. The van der Waals surface area contributed by atoms with Crippen molar-refractivity contribution in [3.63, 3.8) is 0 Å². The SMILES string of the molecule is Cc1c(NC(=O)c2ccc(NC(=O)c3ccc(NC(=O)C(CC#N)CC(=O)c4ccc(CC(=O)CCc5ccc(O)cc5)cc4)cc3)c(C)c2O)ccc(C(=O)O)c1O. The van der Waals surface area contributed by atoms with Crippen LogP contribution in [0.3, 0.4) is 0 Å². The smallest absolute Gasteiger partial charge is 0.339 e. The number of carboxylic acids is 1. The number of nitrogens with one attached hydrogen (secondary N) is 3. The van der Waals surface area contributed by atoms with Crippen molar-refractivity contribution in [3.8, 4) is 23.3 Å². The van der Waals surface area contributed by atoms with Crippen LogP contribution >= 0.6 is 0 Å². The maximum atomic E-state index is 13.2. The van der Waals surface area contributed by atoms with E-state index >= 15 is 0 Å². The van der Waals surface area contributed by atoms with Gasteiger partial charge in [-0.3, -0.25) is 24.0 Å². The van der Waals surface area contributed by atoms with Crippen molar-refractivity contribution in [1.82, 2.24) is 0 Å². The molecule has 5 rings (SSSR count). The van der Waals surface area contributed by atoms with E-state index < -0.39 is 41.1 Å². The van der Waals surface area contributed by atoms with Crippen molar-refractivity contribution in [3.05, 3.63) is 142 Å². The van der Waals surface area contributed by atoms with Gasteiger partial charge in [0.15, 0.2) is 5.78 Å². The Bertz CT molecular complexity index is 2470. The zero-order chi connectivity index (χ0) is 42.8. The molecule has 0 aromatic heterocycles. The van der Waals surface area contributed by atoms with Gasteiger partial charge in [-0.15, -0.1) is 0 Å². The van der Waals surface area contributed by atoms with Crippen LogP contribution in [0.5, 0.6) is 17.2 Å². The van der Waals surface area contributed by atoms with Gasteiger partial charge in [-0.25, -0.2) is 4.79 Å². The number of carbonyl (C=O) groups is 6. The number of aromatic carboxylic acids is 1. The number of hydrogen-bond donors (Lipinski definition) is 7. The van der Waals surface area contributed by atoms with E-state index in [2.05, 4.69) is 16.0 Å². The lowest BCUT2D eigenvalue weighted by Crippen LogP contribution is -2.25. The van der Waals surface area contributed by atoms with Gasteiger partial charge in [0.2, 0.25) is 5.91 Å². The molecule has 7 N–H and O–H groups in total. The molecule has 14 heteroatoms. The zero-order valence-corrected chi connectivity index (χ0v) is 32.0. The lowest BCUT2D eigenvalue weighted by atomic mass is 9.94. The standard InChI is InChI=1S/C45H40N4O10/c1-25-37(19-17-35(40(25)53)44(57)49-38-20-18-36(45(58)59)41(54)26(38)2)48-42(55)30-10-12-32(13-11-30)47-43(56)31(21-22-46)24-39(52)29-8-3-28(4-9-29)23-34(51)16-7-27-5-14-33(50)15-6-27/h3-6,8-15,17-20,31,50,53-54H,7,16,21,23-24H2,1-2H3,(H,47,56)(H,48,55)(H,49,57)(H,58,59). The molecule has 0 radical (unpaired) electrons. The summed E-state index contributed by atoms with van der Waals surface area (Å²) in [6.07, 6.45) is 0.591. The van der Waals surface area contributed by atoms with Gasteiger partial charge in [0.25, 0.3) is 11.8 Å². The third-order valence-corrected chi connectivity index (χ3v) is 9.69. The summed E-state index contributed by atoms with van der Waals surface area (Å²) in [4.78, 5) is 76.2. The first kappa shape index (κ1) is 42.4. The number of ketones is 2. The molecule has 14 nitrogen and oxygen atoms in total. The van der Waals surface area contributed by atoms with Crippen LogP contribution in [0.1, 0.15) is 82.9 Å². The van der Waals surface area contributed by atoms with Crippen LogP contribution in [0.4, 0.5) is 17.1 Å². The second kappa shape index (κ2) is 18.9. The van der Waals surface area contributed by atoms with E-state index in [9.17, 15) is 54.5 Å². The van der Waals surface area contributed by atoms with Gasteiger partial charge in [-0.05, 0) is 92.1 Å². The Morgan fingerprint density at radius 3 is 1.78 bits per heavy atom. The monoisotopic (exact) mass is 796 g/mol. The van der Waals surface area contributed by atoms with Crippen molar-refractivity contribution in [2.24, 2.45) is 5.92 Å². The highest BCUT2D eigenvalue weighted by Gasteiger charge is 2.24. The number of nitriles is 1. The van der Waals surface area contributed by atoms with Gasteiger partial charge >= 0.3 is 5.97 Å². The van der Waals surface area contributed by atoms with Gasteiger partial charge in [0.05, 0.1) is 17.6 Å². The van der Waals surface area contributed by atoms with Crippen LogP contribution in [0, 0.1) is 31.1 Å². The predicted molar refractivity (Wildman–Crippen MR) is 218 cm³/mol. The highest BCUT2D eigenvalue weighted by atomic mass is 16.4. The first-order valence-electron chi connectivity index (χ1n) is 18.4. The summed E-state index contributed by atoms with van der Waals surface area (Å²) in [7, 11) is 0. The minimum atomic E-state index is -1.34. The largest absolute Gasteiger partial charge is 0.508 e. The van der Waals surface area contributed by atoms with Gasteiger partial charge < -0.3 is 36.4 Å². The van der Waals surface area contributed by atoms with Crippen LogP contribution in [0.25, 0.3) is 0 Å². The number of carboxylic acid groups (broad SMARTS) is 1. The van der Waals surface area contributed by atoms with Crippen molar-refractivity contribution in [2.45, 2.75) is 46.0 Å². The second-order valence-corrected chi connectivity index (χ2v) is 13.8. The number of aromatic hydroxyl groups is 3. The zero-order valence-electron chi connectivity index (χ0n) is 32.0. The molecule has 5 aromatic rings. The van der Waals surface area contributed by atoms with E-state index in [1.54, 1.807) is 48.5 Å². The molecule has 0 saturated heterocycles. The lowest BCUT2D eigenvalue weighted by molar-refractivity contribution is -0.120. The number of benzene rings is 5. The number of phenols is 3. The highest BCUT2D eigenvalue weighted by molar-refractivity contribution is 6.09. The normalized spacial score (nSPS) is 11.1. The maximum Gasteiger partial charge on any atom is 0.339 e. The Kier molecular flexibility index (Phi) is 13.6. The van der Waals surface area contributed by atoms with E-state index in [0.29, 0.717) is 24.1 Å². The molecule has 59 heavy (non-hydrogen) atoms. The van der Waals surface area contributed by atoms with Gasteiger partial charge in [0.1, 0.15) is 28.6 Å². The molecule has 300 valence electrons.